The highest BCUT2D eigenvalue weighted by atomic mass is 16.6. The largest absolute Gasteiger partial charge is 0.370 e. The van der Waals surface area contributed by atoms with Gasteiger partial charge >= 0.3 is 0 Å². The Balaban J connectivity index is 1.68. The highest BCUT2D eigenvalue weighted by molar-refractivity contribution is 6.05. The molecule has 1 amide bonds. The van der Waals surface area contributed by atoms with Crippen LogP contribution in [0.3, 0.4) is 0 Å². The first-order valence-electron chi connectivity index (χ1n) is 7.58. The number of amidine groups is 1. The van der Waals surface area contributed by atoms with Crippen molar-refractivity contribution in [2.75, 3.05) is 18.4 Å². The van der Waals surface area contributed by atoms with Crippen LogP contribution in [0.2, 0.25) is 0 Å². The molecule has 0 fully saturated rings. The van der Waals surface area contributed by atoms with Crippen LogP contribution in [0.1, 0.15) is 22.3 Å². The number of nitrogens with one attached hydrogen (secondary N) is 2. The SMILES string of the molecule is O=C(Nc1ccc(C2=NCCCN2)cc1)c1ccc([N+](=O)[O-])cc1. The lowest BCUT2D eigenvalue weighted by atomic mass is 10.1. The topological polar surface area (TPSA) is 96.6 Å². The first-order chi connectivity index (χ1) is 11.6. The van der Waals surface area contributed by atoms with Gasteiger partial charge in [0, 0.05) is 42.0 Å². The summed E-state index contributed by atoms with van der Waals surface area (Å²) in [5.74, 6) is 0.556. The molecule has 0 aromatic heterocycles. The van der Waals surface area contributed by atoms with Crippen LogP contribution in [0.25, 0.3) is 0 Å². The van der Waals surface area contributed by atoms with Gasteiger partial charge in [-0.1, -0.05) is 0 Å². The van der Waals surface area contributed by atoms with Crippen molar-refractivity contribution < 1.29 is 9.72 Å². The van der Waals surface area contributed by atoms with E-state index in [0.717, 1.165) is 30.9 Å². The minimum Gasteiger partial charge on any atom is -0.370 e. The van der Waals surface area contributed by atoms with Crippen molar-refractivity contribution in [1.29, 1.82) is 0 Å². The molecule has 0 atom stereocenters. The molecule has 122 valence electrons. The summed E-state index contributed by atoms with van der Waals surface area (Å²) in [6.45, 7) is 1.73. The molecule has 0 saturated heterocycles. The van der Waals surface area contributed by atoms with Crippen molar-refractivity contribution in [2.45, 2.75) is 6.42 Å². The molecule has 0 saturated carbocycles. The maximum Gasteiger partial charge on any atom is 0.269 e. The fourth-order valence-electron chi connectivity index (χ4n) is 2.38. The predicted molar refractivity (Wildman–Crippen MR) is 91.5 cm³/mol. The Hall–Kier alpha value is -3.22. The number of nitrogens with zero attached hydrogens (tertiary/aromatic N) is 2. The zero-order chi connectivity index (χ0) is 16.9. The van der Waals surface area contributed by atoms with Gasteiger partial charge in [0.2, 0.25) is 0 Å². The summed E-state index contributed by atoms with van der Waals surface area (Å²) in [6, 6.07) is 12.9. The molecule has 24 heavy (non-hydrogen) atoms. The van der Waals surface area contributed by atoms with Crippen LogP contribution in [-0.2, 0) is 0 Å². The van der Waals surface area contributed by atoms with Gasteiger partial charge in [-0.05, 0) is 42.8 Å². The summed E-state index contributed by atoms with van der Waals surface area (Å²) >= 11 is 0. The van der Waals surface area contributed by atoms with Gasteiger partial charge in [0.25, 0.3) is 11.6 Å². The molecule has 0 aliphatic carbocycles. The van der Waals surface area contributed by atoms with E-state index < -0.39 is 4.92 Å². The van der Waals surface area contributed by atoms with Gasteiger partial charge in [0.15, 0.2) is 0 Å². The molecule has 3 rings (SSSR count). The summed E-state index contributed by atoms with van der Waals surface area (Å²) in [5, 5.41) is 16.6. The average molecular weight is 324 g/mol. The molecule has 2 aromatic rings. The molecule has 0 radical (unpaired) electrons. The number of amides is 1. The standard InChI is InChI=1S/C17H16N4O3/c22-17(13-4-8-15(9-5-13)21(23)24)20-14-6-2-12(3-7-14)16-18-10-1-11-19-16/h2-9H,1,10-11H2,(H,18,19)(H,20,22). The van der Waals surface area contributed by atoms with Gasteiger partial charge < -0.3 is 10.6 Å². The van der Waals surface area contributed by atoms with E-state index in [0.29, 0.717) is 11.3 Å². The predicted octanol–water partition coefficient (Wildman–Crippen LogP) is 2.59. The van der Waals surface area contributed by atoms with Gasteiger partial charge in [0.1, 0.15) is 5.84 Å². The molecule has 2 N–H and O–H groups in total. The highest BCUT2D eigenvalue weighted by Crippen LogP contribution is 2.15. The number of hydrogen-bond donors (Lipinski definition) is 2. The normalized spacial score (nSPS) is 13.6. The summed E-state index contributed by atoms with van der Waals surface area (Å²) in [6.07, 6.45) is 1.03. The van der Waals surface area contributed by atoms with Gasteiger partial charge in [0.05, 0.1) is 4.92 Å². The average Bonchev–Trinajstić information content (AvgIpc) is 2.63. The van der Waals surface area contributed by atoms with E-state index in [1.807, 2.05) is 12.1 Å². The first-order valence-corrected chi connectivity index (χ1v) is 7.58. The van der Waals surface area contributed by atoms with Crippen molar-refractivity contribution in [2.24, 2.45) is 4.99 Å². The molecular formula is C17H16N4O3. The number of carbonyl (C=O) groups is 1. The number of aliphatic imine (C=N–C) groups is 1. The second-order valence-corrected chi connectivity index (χ2v) is 5.35. The lowest BCUT2D eigenvalue weighted by Crippen LogP contribution is -2.30. The molecule has 1 aliphatic rings. The Morgan fingerprint density at radius 3 is 2.42 bits per heavy atom. The van der Waals surface area contributed by atoms with E-state index in [2.05, 4.69) is 15.6 Å². The van der Waals surface area contributed by atoms with Crippen LogP contribution in [-0.4, -0.2) is 29.8 Å². The van der Waals surface area contributed by atoms with E-state index in [-0.39, 0.29) is 11.6 Å². The zero-order valence-electron chi connectivity index (χ0n) is 12.9. The van der Waals surface area contributed by atoms with Crippen molar-refractivity contribution in [3.63, 3.8) is 0 Å². The number of benzene rings is 2. The molecule has 1 aliphatic heterocycles. The number of nitro benzene ring substituents is 1. The third kappa shape index (κ3) is 3.57. The summed E-state index contributed by atoms with van der Waals surface area (Å²) in [7, 11) is 0. The number of carbonyl (C=O) groups excluding carboxylic acids is 1. The quantitative estimate of drug-likeness (QED) is 0.667. The Bertz CT molecular complexity index is 782. The second kappa shape index (κ2) is 6.91. The molecule has 7 nitrogen and oxygen atoms in total. The second-order valence-electron chi connectivity index (χ2n) is 5.35. The van der Waals surface area contributed by atoms with Crippen LogP contribution < -0.4 is 10.6 Å². The lowest BCUT2D eigenvalue weighted by molar-refractivity contribution is -0.384. The molecule has 7 heteroatoms. The number of hydrogen-bond acceptors (Lipinski definition) is 5. The monoisotopic (exact) mass is 324 g/mol. The number of non-ortho nitro benzene ring substituents is 1. The van der Waals surface area contributed by atoms with Crippen molar-refractivity contribution >= 4 is 23.1 Å². The Morgan fingerprint density at radius 2 is 1.83 bits per heavy atom. The summed E-state index contributed by atoms with van der Waals surface area (Å²) in [5.41, 5.74) is 1.95. The van der Waals surface area contributed by atoms with Gasteiger partial charge in [-0.15, -0.1) is 0 Å². The minimum absolute atomic E-state index is 0.0448. The Kier molecular flexibility index (Phi) is 4.51. The van der Waals surface area contributed by atoms with Crippen LogP contribution in [0, 0.1) is 10.1 Å². The smallest absolute Gasteiger partial charge is 0.269 e. The fraction of sp³-hybridized carbons (Fsp3) is 0.176. The van der Waals surface area contributed by atoms with Crippen molar-refractivity contribution in [1.82, 2.24) is 5.32 Å². The summed E-state index contributed by atoms with van der Waals surface area (Å²) < 4.78 is 0. The van der Waals surface area contributed by atoms with Gasteiger partial charge in [-0.2, -0.15) is 0 Å². The van der Waals surface area contributed by atoms with Crippen molar-refractivity contribution in [3.8, 4) is 0 Å². The first kappa shape index (κ1) is 15.7. The van der Waals surface area contributed by atoms with Crippen LogP contribution in [0.5, 0.6) is 0 Å². The zero-order valence-corrected chi connectivity index (χ0v) is 12.9. The number of nitro groups is 1. The highest BCUT2D eigenvalue weighted by Gasteiger charge is 2.11. The molecule has 0 unspecified atom stereocenters. The lowest BCUT2D eigenvalue weighted by Gasteiger charge is -2.15. The molecule has 1 heterocycles. The van der Waals surface area contributed by atoms with E-state index in [9.17, 15) is 14.9 Å². The van der Waals surface area contributed by atoms with E-state index in [1.54, 1.807) is 12.1 Å². The molecular weight excluding hydrogens is 308 g/mol. The van der Waals surface area contributed by atoms with Crippen LogP contribution in [0.15, 0.2) is 53.5 Å². The van der Waals surface area contributed by atoms with Crippen LogP contribution >= 0.6 is 0 Å². The van der Waals surface area contributed by atoms with Crippen molar-refractivity contribution in [3.05, 3.63) is 69.8 Å². The Labute approximate surface area is 138 Å². The van der Waals surface area contributed by atoms with E-state index in [4.69, 9.17) is 0 Å². The fourth-order valence-corrected chi connectivity index (χ4v) is 2.38. The molecule has 2 aromatic carbocycles. The third-order valence-electron chi connectivity index (χ3n) is 3.65. The number of anilines is 1. The van der Waals surface area contributed by atoms with E-state index in [1.165, 1.54) is 24.3 Å². The maximum atomic E-state index is 12.2. The van der Waals surface area contributed by atoms with E-state index >= 15 is 0 Å². The van der Waals surface area contributed by atoms with Crippen LogP contribution in [0.4, 0.5) is 11.4 Å². The molecule has 0 bridgehead atoms. The number of rotatable bonds is 4. The third-order valence-corrected chi connectivity index (χ3v) is 3.65. The minimum atomic E-state index is -0.498. The summed E-state index contributed by atoms with van der Waals surface area (Å²) in [4.78, 5) is 26.7. The molecule has 0 spiro atoms. The maximum absolute atomic E-state index is 12.2. The Morgan fingerprint density at radius 1 is 1.12 bits per heavy atom. The van der Waals surface area contributed by atoms with Gasteiger partial charge in [-0.3, -0.25) is 19.9 Å². The van der Waals surface area contributed by atoms with Gasteiger partial charge in [-0.25, -0.2) is 0 Å².